The molecule has 0 amide bonds. The van der Waals surface area contributed by atoms with Crippen LogP contribution in [0.5, 0.6) is 0 Å². The van der Waals surface area contributed by atoms with E-state index in [9.17, 15) is 8.42 Å². The number of nitrogens with two attached hydrogens (primary N) is 1. The summed E-state index contributed by atoms with van der Waals surface area (Å²) in [7, 11) is -4.05. The predicted molar refractivity (Wildman–Crippen MR) is 31.5 cm³/mol. The van der Waals surface area contributed by atoms with Gasteiger partial charge in [0, 0.05) is 0 Å². The summed E-state index contributed by atoms with van der Waals surface area (Å²) in [4.78, 5) is 0. The molecule has 5 N–H and O–H groups in total. The maximum absolute atomic E-state index is 9.88. The highest BCUT2D eigenvalue weighted by Gasteiger charge is 2.01. The number of hydrogen-bond donors (Lipinski definition) is 4. The number of hydrogen-bond acceptors (Lipinski definition) is 3. The molecule has 0 bridgehead atoms. The Morgan fingerprint density at radius 1 is 1.78 bits per heavy atom. The molecule has 0 unspecified atom stereocenters. The predicted octanol–water partition coefficient (Wildman–Crippen LogP) is -1.69. The molecular formula is C2H7N3O3S. The van der Waals surface area contributed by atoms with Crippen LogP contribution in [0.15, 0.2) is 0 Å². The molecule has 7 heteroatoms. The van der Waals surface area contributed by atoms with E-state index in [1.807, 2.05) is 5.32 Å². The summed E-state index contributed by atoms with van der Waals surface area (Å²) < 4.78 is 27.8. The zero-order chi connectivity index (χ0) is 7.49. The Balaban J connectivity index is 3.67. The second-order valence-corrected chi connectivity index (χ2v) is 2.77. The van der Waals surface area contributed by atoms with E-state index in [0.717, 1.165) is 0 Å². The molecule has 0 aliphatic rings. The summed E-state index contributed by atoms with van der Waals surface area (Å²) >= 11 is 0. The van der Waals surface area contributed by atoms with Crippen molar-refractivity contribution in [1.29, 1.82) is 5.41 Å². The standard InChI is InChI=1S/C2H7N3O3S/c3-2(4)5-1-9(6,7)8/h1H2,(H4,3,4,5)(H,6,7,8). The fourth-order valence-corrected chi connectivity index (χ4v) is 0.507. The molecule has 0 aromatic heterocycles. The van der Waals surface area contributed by atoms with Crippen LogP contribution < -0.4 is 11.1 Å². The first-order valence-electron chi connectivity index (χ1n) is 1.95. The van der Waals surface area contributed by atoms with Gasteiger partial charge in [0.2, 0.25) is 0 Å². The largest absolute Gasteiger partial charge is 0.370 e. The monoisotopic (exact) mass is 153 g/mol. The van der Waals surface area contributed by atoms with E-state index >= 15 is 0 Å². The third kappa shape index (κ3) is 7.18. The first-order valence-corrected chi connectivity index (χ1v) is 3.56. The fourth-order valence-electron chi connectivity index (χ4n) is 0.169. The Morgan fingerprint density at radius 2 is 2.22 bits per heavy atom. The minimum absolute atomic E-state index is 0.493. The van der Waals surface area contributed by atoms with Crippen molar-refractivity contribution >= 4 is 16.1 Å². The molecule has 0 aliphatic heterocycles. The van der Waals surface area contributed by atoms with Gasteiger partial charge in [-0.2, -0.15) is 8.42 Å². The highest BCUT2D eigenvalue weighted by atomic mass is 32.2. The summed E-state index contributed by atoms with van der Waals surface area (Å²) in [6.07, 6.45) is 0. The van der Waals surface area contributed by atoms with Gasteiger partial charge in [-0.25, -0.2) is 0 Å². The second-order valence-electron chi connectivity index (χ2n) is 1.32. The number of nitrogens with one attached hydrogen (secondary N) is 2. The zero-order valence-corrected chi connectivity index (χ0v) is 5.27. The van der Waals surface area contributed by atoms with E-state index in [2.05, 4.69) is 0 Å². The zero-order valence-electron chi connectivity index (χ0n) is 4.46. The van der Waals surface area contributed by atoms with Gasteiger partial charge in [-0.15, -0.1) is 0 Å². The lowest BCUT2D eigenvalue weighted by molar-refractivity contribution is 0.481. The SMILES string of the molecule is N=C(N)NCS(=O)(=O)O. The first-order chi connectivity index (χ1) is 3.92. The van der Waals surface area contributed by atoms with Gasteiger partial charge in [0.05, 0.1) is 0 Å². The van der Waals surface area contributed by atoms with E-state index < -0.39 is 22.0 Å². The van der Waals surface area contributed by atoms with Gasteiger partial charge >= 0.3 is 0 Å². The van der Waals surface area contributed by atoms with Crippen molar-refractivity contribution in [2.24, 2.45) is 5.73 Å². The highest BCUT2D eigenvalue weighted by molar-refractivity contribution is 7.85. The van der Waals surface area contributed by atoms with Crippen molar-refractivity contribution in [3.05, 3.63) is 0 Å². The van der Waals surface area contributed by atoms with Crippen LogP contribution in [0, 0.1) is 5.41 Å². The summed E-state index contributed by atoms with van der Waals surface area (Å²) in [5.74, 6) is -1.21. The Kier molecular flexibility index (Phi) is 2.41. The van der Waals surface area contributed by atoms with Crippen molar-refractivity contribution in [3.8, 4) is 0 Å². The molecule has 0 radical (unpaired) electrons. The van der Waals surface area contributed by atoms with E-state index in [1.165, 1.54) is 0 Å². The van der Waals surface area contributed by atoms with E-state index in [0.29, 0.717) is 0 Å². The van der Waals surface area contributed by atoms with Crippen molar-refractivity contribution in [2.75, 3.05) is 5.88 Å². The topological polar surface area (TPSA) is 116 Å². The minimum atomic E-state index is -4.05. The molecule has 0 saturated carbocycles. The molecule has 0 rings (SSSR count). The number of rotatable bonds is 2. The van der Waals surface area contributed by atoms with Crippen LogP contribution in [0.25, 0.3) is 0 Å². The summed E-state index contributed by atoms with van der Waals surface area (Å²) in [6.45, 7) is 0. The molecule has 0 aliphatic carbocycles. The minimum Gasteiger partial charge on any atom is -0.370 e. The van der Waals surface area contributed by atoms with Crippen molar-refractivity contribution < 1.29 is 13.0 Å². The van der Waals surface area contributed by atoms with Gasteiger partial charge < -0.3 is 11.1 Å². The maximum atomic E-state index is 9.88. The first kappa shape index (κ1) is 8.18. The molecule has 0 heterocycles. The van der Waals surface area contributed by atoms with Gasteiger partial charge in [0.15, 0.2) is 5.96 Å². The smallest absolute Gasteiger partial charge is 0.283 e. The quantitative estimate of drug-likeness (QED) is 0.215. The lowest BCUT2D eigenvalue weighted by Crippen LogP contribution is -2.34. The Morgan fingerprint density at radius 3 is 2.33 bits per heavy atom. The molecule has 0 saturated heterocycles. The molecule has 0 fully saturated rings. The molecule has 6 nitrogen and oxygen atoms in total. The number of guanidine groups is 1. The summed E-state index contributed by atoms with van der Waals surface area (Å²) in [5, 5.41) is 8.37. The van der Waals surface area contributed by atoms with Gasteiger partial charge in [-0.05, 0) is 0 Å². The second kappa shape index (κ2) is 2.65. The van der Waals surface area contributed by atoms with Crippen LogP contribution in [0.4, 0.5) is 0 Å². The van der Waals surface area contributed by atoms with Crippen LogP contribution in [0.1, 0.15) is 0 Å². The normalized spacial score (nSPS) is 10.8. The molecule has 0 spiro atoms. The maximum Gasteiger partial charge on any atom is 0.283 e. The van der Waals surface area contributed by atoms with Crippen molar-refractivity contribution in [3.63, 3.8) is 0 Å². The van der Waals surface area contributed by atoms with E-state index in [4.69, 9.17) is 15.7 Å². The molecule has 54 valence electrons. The third-order valence-electron chi connectivity index (χ3n) is 0.445. The third-order valence-corrected chi connectivity index (χ3v) is 0.954. The average Bonchev–Trinajstić information content (AvgIpc) is 1.59. The van der Waals surface area contributed by atoms with Crippen molar-refractivity contribution in [1.82, 2.24) is 5.32 Å². The molecule has 9 heavy (non-hydrogen) atoms. The average molecular weight is 153 g/mol. The van der Waals surface area contributed by atoms with Crippen LogP contribution in [0.2, 0.25) is 0 Å². The Bertz CT molecular complexity index is 195. The van der Waals surface area contributed by atoms with Crippen LogP contribution >= 0.6 is 0 Å². The van der Waals surface area contributed by atoms with Crippen LogP contribution in [0.3, 0.4) is 0 Å². The molecule has 0 atom stereocenters. The fraction of sp³-hybridized carbons (Fsp3) is 0.500. The lowest BCUT2D eigenvalue weighted by atomic mass is 11.0. The Labute approximate surface area is 52.3 Å². The highest BCUT2D eigenvalue weighted by Crippen LogP contribution is 1.73. The summed E-state index contributed by atoms with van der Waals surface area (Å²) in [6, 6.07) is 0. The van der Waals surface area contributed by atoms with Crippen LogP contribution in [-0.2, 0) is 10.1 Å². The van der Waals surface area contributed by atoms with Gasteiger partial charge in [0.25, 0.3) is 10.1 Å². The van der Waals surface area contributed by atoms with E-state index in [1.54, 1.807) is 0 Å². The van der Waals surface area contributed by atoms with Gasteiger partial charge in [0.1, 0.15) is 5.88 Å². The summed E-state index contributed by atoms with van der Waals surface area (Å²) in [5.41, 5.74) is 4.70. The Hall–Kier alpha value is -0.820. The van der Waals surface area contributed by atoms with Crippen molar-refractivity contribution in [2.45, 2.75) is 0 Å². The van der Waals surface area contributed by atoms with Crippen LogP contribution in [-0.4, -0.2) is 24.8 Å². The molecule has 0 aromatic rings. The van der Waals surface area contributed by atoms with E-state index in [-0.39, 0.29) is 0 Å². The van der Waals surface area contributed by atoms with Gasteiger partial charge in [-0.1, -0.05) is 0 Å². The molecular weight excluding hydrogens is 146 g/mol. The van der Waals surface area contributed by atoms with Gasteiger partial charge in [-0.3, -0.25) is 9.96 Å². The molecule has 0 aromatic carbocycles. The lowest BCUT2D eigenvalue weighted by Gasteiger charge is -1.97.